The van der Waals surface area contributed by atoms with Crippen molar-refractivity contribution in [3.8, 4) is 10.8 Å². The summed E-state index contributed by atoms with van der Waals surface area (Å²) in [6, 6.07) is 7.53. The van der Waals surface area contributed by atoms with Crippen LogP contribution in [0.2, 0.25) is 5.02 Å². The minimum Gasteiger partial charge on any atom is -0.452 e. The SMILES string of the molecule is S=c1[nH]nc(-c2cc3cccc(Cl)c3o2)s1. The van der Waals surface area contributed by atoms with Crippen LogP contribution < -0.4 is 0 Å². The van der Waals surface area contributed by atoms with Crippen molar-refractivity contribution in [3.05, 3.63) is 33.2 Å². The molecule has 0 saturated carbocycles. The standard InChI is InChI=1S/C10H5ClN2OS2/c11-6-3-1-2-5-4-7(14-8(5)6)9-12-13-10(15)16-9/h1-4H,(H,13,15). The van der Waals surface area contributed by atoms with Gasteiger partial charge in [-0.15, -0.1) is 0 Å². The molecule has 0 fully saturated rings. The van der Waals surface area contributed by atoms with Gasteiger partial charge in [0, 0.05) is 5.39 Å². The molecule has 0 aliphatic heterocycles. The molecule has 16 heavy (non-hydrogen) atoms. The first-order chi connectivity index (χ1) is 7.74. The van der Waals surface area contributed by atoms with Crippen molar-refractivity contribution in [1.82, 2.24) is 10.2 Å². The summed E-state index contributed by atoms with van der Waals surface area (Å²) in [5.41, 5.74) is 0.681. The molecular formula is C10H5ClN2OS2. The Hall–Kier alpha value is -1.17. The number of aromatic amines is 1. The van der Waals surface area contributed by atoms with E-state index < -0.39 is 0 Å². The Morgan fingerprint density at radius 2 is 2.31 bits per heavy atom. The van der Waals surface area contributed by atoms with Crippen LogP contribution in [0.1, 0.15) is 0 Å². The van der Waals surface area contributed by atoms with Gasteiger partial charge in [-0.25, -0.2) is 0 Å². The fourth-order valence-electron chi connectivity index (χ4n) is 1.47. The highest BCUT2D eigenvalue weighted by Crippen LogP contribution is 2.32. The van der Waals surface area contributed by atoms with Gasteiger partial charge in [-0.05, 0) is 24.4 Å². The molecule has 3 rings (SSSR count). The number of halogens is 1. The minimum atomic E-state index is 0.600. The van der Waals surface area contributed by atoms with E-state index in [0.717, 1.165) is 10.4 Å². The number of fused-ring (bicyclic) bond motifs is 1. The Morgan fingerprint density at radius 1 is 1.44 bits per heavy atom. The Labute approximate surface area is 105 Å². The van der Waals surface area contributed by atoms with E-state index in [9.17, 15) is 0 Å². The summed E-state index contributed by atoms with van der Waals surface area (Å²) in [6.45, 7) is 0. The number of nitrogens with zero attached hydrogens (tertiary/aromatic N) is 1. The minimum absolute atomic E-state index is 0.600. The van der Waals surface area contributed by atoms with Crippen molar-refractivity contribution in [1.29, 1.82) is 0 Å². The lowest BCUT2D eigenvalue weighted by Crippen LogP contribution is -1.70. The van der Waals surface area contributed by atoms with Gasteiger partial charge in [-0.1, -0.05) is 35.1 Å². The number of rotatable bonds is 1. The summed E-state index contributed by atoms with van der Waals surface area (Å²) in [6.07, 6.45) is 0. The van der Waals surface area contributed by atoms with Crippen LogP contribution in [0.3, 0.4) is 0 Å². The van der Waals surface area contributed by atoms with E-state index in [2.05, 4.69) is 10.2 Å². The molecular weight excluding hydrogens is 264 g/mol. The summed E-state index contributed by atoms with van der Waals surface area (Å²) in [4.78, 5) is 0. The van der Waals surface area contributed by atoms with Crippen LogP contribution in [0.4, 0.5) is 0 Å². The molecule has 3 nitrogen and oxygen atoms in total. The molecule has 6 heteroatoms. The predicted octanol–water partition coefficient (Wildman–Crippen LogP) is 4.27. The van der Waals surface area contributed by atoms with Gasteiger partial charge in [0.05, 0.1) is 5.02 Å². The van der Waals surface area contributed by atoms with Gasteiger partial charge in [-0.2, -0.15) is 5.10 Å². The maximum atomic E-state index is 6.02. The maximum absolute atomic E-state index is 6.02. The third-order valence-corrected chi connectivity index (χ3v) is 3.55. The van der Waals surface area contributed by atoms with Gasteiger partial charge >= 0.3 is 0 Å². The van der Waals surface area contributed by atoms with Crippen LogP contribution >= 0.6 is 35.2 Å². The van der Waals surface area contributed by atoms with Gasteiger partial charge < -0.3 is 4.42 Å². The largest absolute Gasteiger partial charge is 0.452 e. The molecule has 1 aromatic carbocycles. The monoisotopic (exact) mass is 268 g/mol. The molecule has 0 unspecified atom stereocenters. The second kappa shape index (κ2) is 3.69. The Morgan fingerprint density at radius 3 is 3.00 bits per heavy atom. The van der Waals surface area contributed by atoms with Crippen molar-refractivity contribution in [2.45, 2.75) is 0 Å². The molecule has 2 aromatic heterocycles. The lowest BCUT2D eigenvalue weighted by Gasteiger charge is -1.89. The summed E-state index contributed by atoms with van der Waals surface area (Å²) in [7, 11) is 0. The van der Waals surface area contributed by atoms with Gasteiger partial charge in [0.25, 0.3) is 0 Å². The number of aromatic nitrogens is 2. The lowest BCUT2D eigenvalue weighted by molar-refractivity contribution is 0.630. The van der Waals surface area contributed by atoms with Gasteiger partial charge in [0.15, 0.2) is 20.3 Å². The van der Waals surface area contributed by atoms with Crippen molar-refractivity contribution in [3.63, 3.8) is 0 Å². The average molecular weight is 269 g/mol. The van der Waals surface area contributed by atoms with Crippen LogP contribution in [0, 0.1) is 3.95 Å². The second-order valence-corrected chi connectivity index (χ2v) is 5.26. The quantitative estimate of drug-likeness (QED) is 0.670. The molecule has 0 amide bonds. The van der Waals surface area contributed by atoms with E-state index >= 15 is 0 Å². The number of benzene rings is 1. The molecule has 0 spiro atoms. The van der Waals surface area contributed by atoms with E-state index in [1.54, 1.807) is 6.07 Å². The highest BCUT2D eigenvalue weighted by Gasteiger charge is 2.10. The number of nitrogens with one attached hydrogen (secondary N) is 1. The third-order valence-electron chi connectivity index (χ3n) is 2.14. The molecule has 0 aliphatic carbocycles. The molecule has 0 aliphatic rings. The van der Waals surface area contributed by atoms with Crippen LogP contribution in [0.25, 0.3) is 21.7 Å². The smallest absolute Gasteiger partial charge is 0.182 e. The molecule has 0 radical (unpaired) electrons. The zero-order valence-electron chi connectivity index (χ0n) is 7.86. The van der Waals surface area contributed by atoms with Gasteiger partial charge in [0.1, 0.15) is 0 Å². The Balaban J connectivity index is 2.26. The van der Waals surface area contributed by atoms with Crippen LogP contribution in [0.15, 0.2) is 28.7 Å². The molecule has 2 heterocycles. The van der Waals surface area contributed by atoms with E-state index in [4.69, 9.17) is 28.2 Å². The van der Waals surface area contributed by atoms with E-state index in [0.29, 0.717) is 20.3 Å². The van der Waals surface area contributed by atoms with Gasteiger partial charge in [0.2, 0.25) is 0 Å². The highest BCUT2D eigenvalue weighted by atomic mass is 35.5. The Kier molecular flexibility index (Phi) is 2.31. The topological polar surface area (TPSA) is 41.8 Å². The second-order valence-electron chi connectivity index (χ2n) is 3.19. The highest BCUT2D eigenvalue weighted by molar-refractivity contribution is 7.73. The number of para-hydroxylation sites is 1. The lowest BCUT2D eigenvalue weighted by atomic mass is 10.2. The molecule has 0 bridgehead atoms. The summed E-state index contributed by atoms with van der Waals surface area (Å²) in [5, 5.41) is 9.08. The summed E-state index contributed by atoms with van der Waals surface area (Å²) < 4.78 is 6.27. The van der Waals surface area contributed by atoms with Crippen molar-refractivity contribution >= 4 is 46.1 Å². The van der Waals surface area contributed by atoms with Crippen LogP contribution in [0.5, 0.6) is 0 Å². The molecule has 0 saturated heterocycles. The summed E-state index contributed by atoms with van der Waals surface area (Å²) in [5.74, 6) is 0.681. The maximum Gasteiger partial charge on any atom is 0.182 e. The zero-order chi connectivity index (χ0) is 11.1. The Bertz CT molecular complexity index is 713. The first-order valence-corrected chi connectivity index (χ1v) is 6.08. The van der Waals surface area contributed by atoms with Crippen LogP contribution in [-0.2, 0) is 0 Å². The number of H-pyrrole nitrogens is 1. The molecule has 1 N–H and O–H groups in total. The van der Waals surface area contributed by atoms with E-state index in [1.165, 1.54) is 11.3 Å². The first-order valence-electron chi connectivity index (χ1n) is 4.48. The number of hydrogen-bond donors (Lipinski definition) is 1. The predicted molar refractivity (Wildman–Crippen MR) is 67.5 cm³/mol. The van der Waals surface area contributed by atoms with Crippen molar-refractivity contribution in [2.75, 3.05) is 0 Å². The van der Waals surface area contributed by atoms with Crippen LogP contribution in [-0.4, -0.2) is 10.2 Å². The zero-order valence-corrected chi connectivity index (χ0v) is 10.2. The van der Waals surface area contributed by atoms with E-state index in [-0.39, 0.29) is 0 Å². The first kappa shape index (κ1) is 10.0. The average Bonchev–Trinajstić information content (AvgIpc) is 2.84. The normalized spacial score (nSPS) is 11.1. The van der Waals surface area contributed by atoms with Gasteiger partial charge in [-0.3, -0.25) is 5.10 Å². The molecule has 3 aromatic rings. The fourth-order valence-corrected chi connectivity index (χ4v) is 2.53. The molecule has 0 atom stereocenters. The molecule has 80 valence electrons. The summed E-state index contributed by atoms with van der Waals surface area (Å²) >= 11 is 12.4. The third kappa shape index (κ3) is 1.57. The van der Waals surface area contributed by atoms with E-state index in [1.807, 2.05) is 18.2 Å². The number of furan rings is 1. The number of hydrogen-bond acceptors (Lipinski definition) is 4. The fraction of sp³-hybridized carbons (Fsp3) is 0. The van der Waals surface area contributed by atoms with Crippen molar-refractivity contribution in [2.24, 2.45) is 0 Å². The van der Waals surface area contributed by atoms with Crippen molar-refractivity contribution < 1.29 is 4.42 Å².